The monoisotopic (exact) mass is 430 g/mol. The molecule has 0 heterocycles. The van der Waals surface area contributed by atoms with Gasteiger partial charge in [-0.3, -0.25) is 0 Å². The maximum absolute atomic E-state index is 12.7. The molecule has 0 aliphatic rings. The number of hydrogen-bond acceptors (Lipinski definition) is 5. The second-order valence-electron chi connectivity index (χ2n) is 5.84. The Morgan fingerprint density at radius 3 is 1.14 bits per heavy atom. The van der Waals surface area contributed by atoms with Gasteiger partial charge < -0.3 is 25.3 Å². The number of halogens is 5. The highest BCUT2D eigenvalue weighted by Gasteiger charge is 2.29. The highest BCUT2D eigenvalue weighted by molar-refractivity contribution is 6.33. The quantitative estimate of drug-likeness (QED) is 0.150. The van der Waals surface area contributed by atoms with Crippen molar-refractivity contribution < 1.29 is 36.7 Å². The molecule has 29 heavy (non-hydrogen) atoms. The Labute approximate surface area is 169 Å². The van der Waals surface area contributed by atoms with Crippen LogP contribution in [0.4, 0.5) is 22.0 Å². The smallest absolute Gasteiger partial charge is 0.507 e. The van der Waals surface area contributed by atoms with Crippen molar-refractivity contribution in [3.8, 4) is 5.75 Å². The summed E-state index contributed by atoms with van der Waals surface area (Å²) in [5, 5.41) is 22.9. The van der Waals surface area contributed by atoms with Crippen LogP contribution in [0.3, 0.4) is 0 Å². The summed E-state index contributed by atoms with van der Waals surface area (Å²) in [6.45, 7) is 13.4. The van der Waals surface area contributed by atoms with E-state index in [1.54, 1.807) is 0 Å². The minimum Gasteiger partial charge on any atom is -0.507 e. The molecule has 4 N–H and O–H groups in total. The number of nitrogens with one attached hydrogen (secondary N) is 2. The van der Waals surface area contributed by atoms with E-state index in [9.17, 15) is 22.0 Å². The summed E-state index contributed by atoms with van der Waals surface area (Å²) in [5.41, 5.74) is 0. The lowest BCUT2D eigenvalue weighted by molar-refractivity contribution is 0.263. The first-order valence-electron chi connectivity index (χ1n) is 9.64. The van der Waals surface area contributed by atoms with E-state index in [0.717, 1.165) is 0 Å². The minimum atomic E-state index is -2.70. The summed E-state index contributed by atoms with van der Waals surface area (Å²) in [7, 11) is -2.70. The van der Waals surface area contributed by atoms with Crippen LogP contribution in [-0.2, 0) is 0 Å². The van der Waals surface area contributed by atoms with Crippen LogP contribution in [0.5, 0.6) is 5.75 Å². The molecule has 170 valence electrons. The average Bonchev–Trinajstić information content (AvgIpc) is 2.70. The van der Waals surface area contributed by atoms with Gasteiger partial charge in [0.25, 0.3) is 0 Å². The molecule has 0 amide bonds. The van der Waals surface area contributed by atoms with Crippen LogP contribution in [0.15, 0.2) is 0 Å². The lowest BCUT2D eigenvalue weighted by Gasteiger charge is -2.08. The van der Waals surface area contributed by atoms with E-state index >= 15 is 0 Å². The fourth-order valence-electron chi connectivity index (χ4n) is 1.75. The van der Waals surface area contributed by atoms with E-state index in [2.05, 4.69) is 43.0 Å². The molecular weight excluding hydrogens is 398 g/mol. The second kappa shape index (κ2) is 18.6. The Kier molecular flexibility index (Phi) is 19.1. The van der Waals surface area contributed by atoms with Crippen molar-refractivity contribution in [1.29, 1.82) is 0 Å². The van der Waals surface area contributed by atoms with Gasteiger partial charge in [0, 0.05) is 0 Å². The average molecular weight is 430 g/mol. The molecule has 0 spiro atoms. The highest BCUT2D eigenvalue weighted by atomic mass is 19.2. The number of hydrogen-bond donors (Lipinski definition) is 4. The predicted molar refractivity (Wildman–Crippen MR) is 104 cm³/mol. The van der Waals surface area contributed by atoms with Crippen molar-refractivity contribution in [3.05, 3.63) is 29.1 Å². The van der Waals surface area contributed by atoms with Crippen LogP contribution in [0.2, 0.25) is 0 Å². The van der Waals surface area contributed by atoms with Crippen LogP contribution in [-0.4, -0.2) is 43.5 Å². The van der Waals surface area contributed by atoms with Gasteiger partial charge in [-0.1, -0.05) is 27.7 Å². The van der Waals surface area contributed by atoms with Crippen LogP contribution < -0.4 is 15.3 Å². The molecule has 5 nitrogen and oxygen atoms in total. The van der Waals surface area contributed by atoms with Gasteiger partial charge in [-0.15, -0.1) is 0 Å². The number of benzene rings is 1. The normalized spacial score (nSPS) is 9.90. The SMILES string of the molecule is CCCNCCC.CCCNCCC.OB(O)Oc1c(F)c(F)c(F)c(F)c1F. The molecule has 0 aliphatic carbocycles. The maximum Gasteiger partial charge on any atom is 0.707 e. The van der Waals surface area contributed by atoms with Crippen molar-refractivity contribution in [1.82, 2.24) is 10.6 Å². The van der Waals surface area contributed by atoms with Gasteiger partial charge in [0.2, 0.25) is 29.1 Å². The Bertz CT molecular complexity index is 508. The maximum atomic E-state index is 12.7. The molecule has 0 saturated carbocycles. The van der Waals surface area contributed by atoms with E-state index in [0.29, 0.717) is 0 Å². The standard InChI is InChI=1S/C6H2BF5O3.2C6H15N/c8-1-2(9)4(11)6(15-7(13)14)5(12)3(1)10;2*1-3-5-7-6-4-2/h13-14H;2*7H,3-6H2,1-2H3. The Morgan fingerprint density at radius 1 is 0.621 bits per heavy atom. The van der Waals surface area contributed by atoms with Crippen molar-refractivity contribution in [3.63, 3.8) is 0 Å². The van der Waals surface area contributed by atoms with Crippen molar-refractivity contribution in [2.45, 2.75) is 53.4 Å². The fraction of sp³-hybridized carbons (Fsp3) is 0.667. The Hall–Kier alpha value is -1.43. The van der Waals surface area contributed by atoms with Gasteiger partial charge in [-0.25, -0.2) is 13.2 Å². The summed E-state index contributed by atoms with van der Waals surface area (Å²) in [6, 6.07) is 0. The van der Waals surface area contributed by atoms with Crippen LogP contribution >= 0.6 is 0 Å². The second-order valence-corrected chi connectivity index (χ2v) is 5.84. The lowest BCUT2D eigenvalue weighted by Crippen LogP contribution is -2.23. The van der Waals surface area contributed by atoms with Gasteiger partial charge in [0.05, 0.1) is 0 Å². The van der Waals surface area contributed by atoms with Crippen LogP contribution in [0.25, 0.3) is 0 Å². The van der Waals surface area contributed by atoms with Crippen LogP contribution in [0.1, 0.15) is 53.4 Å². The molecule has 0 radical (unpaired) electrons. The van der Waals surface area contributed by atoms with Crippen LogP contribution in [0, 0.1) is 29.1 Å². The van der Waals surface area contributed by atoms with E-state index in [1.165, 1.54) is 51.9 Å². The van der Waals surface area contributed by atoms with Gasteiger partial charge in [0.1, 0.15) is 0 Å². The van der Waals surface area contributed by atoms with E-state index in [4.69, 9.17) is 10.0 Å². The minimum absolute atomic E-state index is 1.17. The van der Waals surface area contributed by atoms with Gasteiger partial charge in [-0.05, 0) is 51.9 Å². The first-order valence-corrected chi connectivity index (χ1v) is 9.64. The molecule has 0 saturated heterocycles. The zero-order valence-corrected chi connectivity index (χ0v) is 17.4. The zero-order chi connectivity index (χ0) is 22.8. The molecular formula is C18H32BF5N2O3. The zero-order valence-electron chi connectivity index (χ0n) is 17.4. The molecule has 11 heteroatoms. The predicted octanol–water partition coefficient (Wildman–Crippen LogP) is 3.52. The van der Waals surface area contributed by atoms with E-state index in [-0.39, 0.29) is 0 Å². The molecule has 1 aromatic carbocycles. The Balaban J connectivity index is 0. The lowest BCUT2D eigenvalue weighted by atomic mass is 10.2. The van der Waals surface area contributed by atoms with E-state index in [1.807, 2.05) is 0 Å². The number of rotatable bonds is 10. The fourth-order valence-corrected chi connectivity index (χ4v) is 1.75. The van der Waals surface area contributed by atoms with Gasteiger partial charge in [-0.2, -0.15) is 8.78 Å². The molecule has 0 aliphatic heterocycles. The van der Waals surface area contributed by atoms with Gasteiger partial charge in [0.15, 0.2) is 5.75 Å². The van der Waals surface area contributed by atoms with Crippen molar-refractivity contribution in [2.24, 2.45) is 0 Å². The summed E-state index contributed by atoms with van der Waals surface area (Å²) in [4.78, 5) is 0. The third-order valence-corrected chi connectivity index (χ3v) is 3.10. The summed E-state index contributed by atoms with van der Waals surface area (Å²) >= 11 is 0. The molecule has 1 rings (SSSR count). The summed E-state index contributed by atoms with van der Waals surface area (Å²) < 4.78 is 66.3. The Morgan fingerprint density at radius 2 is 0.897 bits per heavy atom. The summed E-state index contributed by atoms with van der Waals surface area (Å²) in [6.07, 6.45) is 5.00. The first kappa shape index (κ1) is 29.8. The van der Waals surface area contributed by atoms with E-state index < -0.39 is 42.2 Å². The molecule has 0 aromatic heterocycles. The van der Waals surface area contributed by atoms with Crippen molar-refractivity contribution in [2.75, 3.05) is 26.2 Å². The summed E-state index contributed by atoms with van der Waals surface area (Å²) in [5.74, 6) is -13.1. The molecule has 0 atom stereocenters. The topological polar surface area (TPSA) is 73.8 Å². The largest absolute Gasteiger partial charge is 0.707 e. The molecule has 1 aromatic rings. The first-order chi connectivity index (χ1) is 13.7. The van der Waals surface area contributed by atoms with Crippen molar-refractivity contribution >= 4 is 7.32 Å². The van der Waals surface area contributed by atoms with Gasteiger partial charge >= 0.3 is 7.32 Å². The molecule has 0 bridgehead atoms. The highest BCUT2D eigenvalue weighted by Crippen LogP contribution is 2.28. The molecule has 0 fully saturated rings. The third kappa shape index (κ3) is 13.4. The molecule has 0 unspecified atom stereocenters. The third-order valence-electron chi connectivity index (χ3n) is 3.10.